The molecule has 9 heteroatoms. The summed E-state index contributed by atoms with van der Waals surface area (Å²) < 4.78 is 1.70. The van der Waals surface area contributed by atoms with Crippen molar-refractivity contribution in [3.05, 3.63) is 40.7 Å². The van der Waals surface area contributed by atoms with Gasteiger partial charge in [-0.15, -0.1) is 0 Å². The van der Waals surface area contributed by atoms with Crippen LogP contribution in [0.25, 0.3) is 5.78 Å². The number of aromatic amines is 1. The first-order chi connectivity index (χ1) is 13.4. The number of amides is 1. The van der Waals surface area contributed by atoms with Crippen LogP contribution < -0.4 is 0 Å². The number of carbonyl (C=O) groups is 1. The van der Waals surface area contributed by atoms with Crippen LogP contribution in [0.15, 0.2) is 12.4 Å². The number of hydrogen-bond acceptors (Lipinski definition) is 6. The number of β-amino-alcohol motifs (C(OH)–C–C–N with tert-alkyl or cyclic N) is 1. The molecule has 1 aliphatic rings. The van der Waals surface area contributed by atoms with Crippen LogP contribution in [-0.4, -0.2) is 64.9 Å². The number of rotatable bonds is 5. The minimum absolute atomic E-state index is 0.0169. The first-order valence-electron chi connectivity index (χ1n) is 9.55. The van der Waals surface area contributed by atoms with E-state index in [0.717, 1.165) is 28.3 Å². The fourth-order valence-electron chi connectivity index (χ4n) is 4.01. The van der Waals surface area contributed by atoms with Gasteiger partial charge in [0, 0.05) is 42.5 Å². The zero-order valence-corrected chi connectivity index (χ0v) is 16.4. The molecule has 0 unspecified atom stereocenters. The molecule has 0 aromatic carbocycles. The fourth-order valence-corrected chi connectivity index (χ4v) is 4.01. The number of aryl methyl sites for hydroxylation is 3. The lowest BCUT2D eigenvalue weighted by molar-refractivity contribution is -0.130. The van der Waals surface area contributed by atoms with Gasteiger partial charge in [-0.1, -0.05) is 0 Å². The maximum atomic E-state index is 12.7. The zero-order valence-electron chi connectivity index (χ0n) is 16.4. The summed E-state index contributed by atoms with van der Waals surface area (Å²) in [5.74, 6) is 0.643. The molecule has 4 heterocycles. The molecule has 0 spiro atoms. The number of nitrogens with zero attached hydrogens (tertiary/aromatic N) is 6. The normalized spacial score (nSPS) is 19.6. The number of likely N-dealkylation sites (tertiary alicyclic amines) is 1. The molecule has 0 bridgehead atoms. The standard InChI is InChI=1S/C19H25N7O2/c1-11-6-15(24-23-11)7-14-8-25(9-17(14)27)18(28)5-4-16-12(2)22-19-20-10-21-26(19)13(16)3/h6,10,14,17,27H,4-5,7-9H2,1-3H3,(H,23,24)/t14-,17+/m1/s1. The second kappa shape index (κ2) is 7.31. The first kappa shape index (κ1) is 18.5. The third kappa shape index (κ3) is 3.49. The molecule has 3 aromatic heterocycles. The SMILES string of the molecule is Cc1cc(C[C@@H]2CN(C(=O)CCc3c(C)nc4ncnn4c3C)C[C@@H]2O)n[nH]1. The van der Waals surface area contributed by atoms with E-state index in [4.69, 9.17) is 0 Å². The van der Waals surface area contributed by atoms with E-state index in [0.29, 0.717) is 38.1 Å². The summed E-state index contributed by atoms with van der Waals surface area (Å²) in [6.07, 6.45) is 2.61. The number of H-pyrrole nitrogens is 1. The number of nitrogens with one attached hydrogen (secondary N) is 1. The molecule has 1 amide bonds. The predicted octanol–water partition coefficient (Wildman–Crippen LogP) is 0.767. The summed E-state index contributed by atoms with van der Waals surface area (Å²) in [7, 11) is 0. The van der Waals surface area contributed by atoms with Crippen LogP contribution in [0.3, 0.4) is 0 Å². The van der Waals surface area contributed by atoms with Gasteiger partial charge in [0.25, 0.3) is 5.78 Å². The van der Waals surface area contributed by atoms with Crippen molar-refractivity contribution < 1.29 is 9.90 Å². The third-order valence-electron chi connectivity index (χ3n) is 5.57. The molecule has 2 atom stereocenters. The van der Waals surface area contributed by atoms with Crippen molar-refractivity contribution in [1.82, 2.24) is 34.7 Å². The Bertz CT molecular complexity index is 1010. The molecule has 3 aromatic rings. The van der Waals surface area contributed by atoms with Crippen molar-refractivity contribution in [1.29, 1.82) is 0 Å². The van der Waals surface area contributed by atoms with Gasteiger partial charge in [0.15, 0.2) is 0 Å². The number of aliphatic hydroxyl groups is 1. The van der Waals surface area contributed by atoms with Crippen LogP contribution in [0, 0.1) is 26.7 Å². The third-order valence-corrected chi connectivity index (χ3v) is 5.57. The maximum Gasteiger partial charge on any atom is 0.252 e. The van der Waals surface area contributed by atoms with Gasteiger partial charge in [0.1, 0.15) is 6.33 Å². The highest BCUT2D eigenvalue weighted by atomic mass is 16.3. The zero-order chi connectivity index (χ0) is 19.8. The number of aromatic nitrogens is 6. The van der Waals surface area contributed by atoms with Crippen molar-refractivity contribution in [2.45, 2.75) is 46.1 Å². The van der Waals surface area contributed by atoms with Gasteiger partial charge in [-0.3, -0.25) is 9.89 Å². The lowest BCUT2D eigenvalue weighted by Crippen LogP contribution is -2.30. The van der Waals surface area contributed by atoms with Crippen LogP contribution in [0.4, 0.5) is 0 Å². The van der Waals surface area contributed by atoms with Crippen molar-refractivity contribution in [3.63, 3.8) is 0 Å². The Labute approximate surface area is 162 Å². The monoisotopic (exact) mass is 383 g/mol. The Morgan fingerprint density at radius 3 is 2.89 bits per heavy atom. The number of carbonyl (C=O) groups excluding carboxylic acids is 1. The van der Waals surface area contributed by atoms with Gasteiger partial charge < -0.3 is 10.0 Å². The molecular weight excluding hydrogens is 358 g/mol. The lowest BCUT2D eigenvalue weighted by atomic mass is 10.00. The van der Waals surface area contributed by atoms with Gasteiger partial charge in [0.2, 0.25) is 5.91 Å². The second-order valence-electron chi connectivity index (χ2n) is 7.61. The van der Waals surface area contributed by atoms with E-state index >= 15 is 0 Å². The molecule has 28 heavy (non-hydrogen) atoms. The highest BCUT2D eigenvalue weighted by Crippen LogP contribution is 2.23. The minimum Gasteiger partial charge on any atom is -0.391 e. The summed E-state index contributed by atoms with van der Waals surface area (Å²) >= 11 is 0. The Hall–Kier alpha value is -2.81. The second-order valence-corrected chi connectivity index (χ2v) is 7.61. The molecule has 0 saturated carbocycles. The van der Waals surface area contributed by atoms with E-state index in [-0.39, 0.29) is 11.8 Å². The van der Waals surface area contributed by atoms with Gasteiger partial charge >= 0.3 is 0 Å². The molecule has 0 radical (unpaired) electrons. The van der Waals surface area contributed by atoms with Crippen LogP contribution in [0.1, 0.15) is 34.8 Å². The molecular formula is C19H25N7O2. The number of hydrogen-bond donors (Lipinski definition) is 2. The van der Waals surface area contributed by atoms with Crippen LogP contribution in [0.2, 0.25) is 0 Å². The van der Waals surface area contributed by atoms with Crippen LogP contribution >= 0.6 is 0 Å². The van der Waals surface area contributed by atoms with Gasteiger partial charge in [-0.05, 0) is 45.2 Å². The number of fused-ring (bicyclic) bond motifs is 1. The summed E-state index contributed by atoms with van der Waals surface area (Å²) in [5, 5.41) is 21.7. The molecule has 1 saturated heterocycles. The summed E-state index contributed by atoms with van der Waals surface area (Å²) in [5.41, 5.74) is 4.78. The van der Waals surface area contributed by atoms with Crippen LogP contribution in [0.5, 0.6) is 0 Å². The van der Waals surface area contributed by atoms with E-state index in [1.165, 1.54) is 6.33 Å². The van der Waals surface area contributed by atoms with Gasteiger partial charge in [0.05, 0.1) is 11.8 Å². The Morgan fingerprint density at radius 1 is 1.32 bits per heavy atom. The first-order valence-corrected chi connectivity index (χ1v) is 9.55. The Balaban J connectivity index is 1.39. The molecule has 2 N–H and O–H groups in total. The summed E-state index contributed by atoms with van der Waals surface area (Å²) in [6, 6.07) is 1.98. The van der Waals surface area contributed by atoms with Gasteiger partial charge in [-0.25, -0.2) is 9.50 Å². The predicted molar refractivity (Wildman–Crippen MR) is 102 cm³/mol. The van der Waals surface area contributed by atoms with Crippen LogP contribution in [-0.2, 0) is 17.6 Å². The molecule has 4 rings (SSSR count). The van der Waals surface area contributed by atoms with E-state index in [9.17, 15) is 9.90 Å². The fraction of sp³-hybridized carbons (Fsp3) is 0.526. The molecule has 9 nitrogen and oxygen atoms in total. The topological polar surface area (TPSA) is 112 Å². The molecule has 1 fully saturated rings. The summed E-state index contributed by atoms with van der Waals surface area (Å²) in [6.45, 7) is 6.79. The van der Waals surface area contributed by atoms with Crippen molar-refractivity contribution in [2.24, 2.45) is 5.92 Å². The highest BCUT2D eigenvalue weighted by Gasteiger charge is 2.34. The van der Waals surface area contributed by atoms with E-state index < -0.39 is 6.10 Å². The van der Waals surface area contributed by atoms with E-state index in [1.54, 1.807) is 9.42 Å². The molecule has 148 valence electrons. The molecule has 1 aliphatic heterocycles. The Morgan fingerprint density at radius 2 is 2.14 bits per heavy atom. The van der Waals surface area contributed by atoms with Crippen molar-refractivity contribution in [2.75, 3.05) is 13.1 Å². The Kier molecular flexibility index (Phi) is 4.84. The van der Waals surface area contributed by atoms with E-state index in [1.807, 2.05) is 26.8 Å². The van der Waals surface area contributed by atoms with Crippen molar-refractivity contribution >= 4 is 11.7 Å². The number of aliphatic hydroxyl groups excluding tert-OH is 1. The quantitative estimate of drug-likeness (QED) is 0.673. The van der Waals surface area contributed by atoms with E-state index in [2.05, 4.69) is 25.3 Å². The summed E-state index contributed by atoms with van der Waals surface area (Å²) in [4.78, 5) is 23.1. The largest absolute Gasteiger partial charge is 0.391 e. The van der Waals surface area contributed by atoms with Gasteiger partial charge in [-0.2, -0.15) is 15.2 Å². The minimum atomic E-state index is -0.516. The molecule has 0 aliphatic carbocycles. The average molecular weight is 383 g/mol. The maximum absolute atomic E-state index is 12.7. The average Bonchev–Trinajstić information content (AvgIpc) is 3.36. The highest BCUT2D eigenvalue weighted by molar-refractivity contribution is 5.77. The van der Waals surface area contributed by atoms with Crippen molar-refractivity contribution in [3.8, 4) is 0 Å². The lowest BCUT2D eigenvalue weighted by Gasteiger charge is -2.17. The smallest absolute Gasteiger partial charge is 0.252 e.